The summed E-state index contributed by atoms with van der Waals surface area (Å²) in [5.74, 6) is 0. The minimum atomic E-state index is -0.502. The first-order valence-corrected chi connectivity index (χ1v) is 7.35. The largest absolute Gasteiger partial charge is 0.633 e. The predicted octanol–water partition coefficient (Wildman–Crippen LogP) is 3.42. The third kappa shape index (κ3) is 2.72. The van der Waals surface area contributed by atoms with Crippen LogP contribution in [0.5, 0.6) is 0 Å². The lowest BCUT2D eigenvalue weighted by Crippen LogP contribution is -2.44. The highest BCUT2D eigenvalue weighted by molar-refractivity contribution is 5.40. The molecule has 0 saturated heterocycles. The van der Waals surface area contributed by atoms with Crippen molar-refractivity contribution in [1.29, 1.82) is 0 Å². The van der Waals surface area contributed by atoms with Gasteiger partial charge in [0.05, 0.1) is 13.7 Å². The van der Waals surface area contributed by atoms with E-state index in [1.807, 2.05) is 36.4 Å². The average Bonchev–Trinajstić information content (AvgIpc) is 2.46. The molecule has 1 aliphatic heterocycles. The fourth-order valence-electron chi connectivity index (χ4n) is 3.08. The zero-order valence-electron chi connectivity index (χ0n) is 12.6. The number of hydrogen-bond acceptors (Lipinski definition) is 2. The summed E-state index contributed by atoms with van der Waals surface area (Å²) in [6.45, 7) is 3.51. The number of fused-ring (bicyclic) bond motifs is 1. The highest BCUT2D eigenvalue weighted by Gasteiger charge is 2.35. The first-order valence-electron chi connectivity index (χ1n) is 7.35. The van der Waals surface area contributed by atoms with E-state index < -0.39 is 5.60 Å². The number of hydroxylamine groups is 3. The van der Waals surface area contributed by atoms with E-state index in [0.29, 0.717) is 19.7 Å². The van der Waals surface area contributed by atoms with Gasteiger partial charge in [0.25, 0.3) is 0 Å². The molecule has 0 N–H and O–H groups in total. The van der Waals surface area contributed by atoms with E-state index >= 15 is 0 Å². The van der Waals surface area contributed by atoms with Gasteiger partial charge >= 0.3 is 0 Å². The molecule has 3 rings (SSSR count). The average molecular weight is 283 g/mol. The van der Waals surface area contributed by atoms with Crippen molar-refractivity contribution >= 4 is 0 Å². The molecule has 1 unspecified atom stereocenters. The van der Waals surface area contributed by atoms with E-state index in [1.165, 1.54) is 0 Å². The summed E-state index contributed by atoms with van der Waals surface area (Å²) in [6, 6.07) is 18.4. The number of hydrogen-bond donors (Lipinski definition) is 0. The van der Waals surface area contributed by atoms with Crippen LogP contribution in [0.1, 0.15) is 23.6 Å². The zero-order valence-corrected chi connectivity index (χ0v) is 12.6. The second-order valence-electron chi connectivity index (χ2n) is 6.08. The first-order chi connectivity index (χ1) is 10.0. The Morgan fingerprint density at radius 2 is 1.71 bits per heavy atom. The van der Waals surface area contributed by atoms with E-state index in [9.17, 15) is 5.21 Å². The lowest BCUT2D eigenvalue weighted by molar-refractivity contribution is -0.875. The van der Waals surface area contributed by atoms with Gasteiger partial charge in [-0.15, -0.1) is 0 Å². The number of benzene rings is 2. The second-order valence-corrected chi connectivity index (χ2v) is 6.08. The highest BCUT2D eigenvalue weighted by Crippen LogP contribution is 2.37. The Kier molecular flexibility index (Phi) is 3.57. The molecule has 1 aliphatic rings. The van der Waals surface area contributed by atoms with Crippen LogP contribution in [0.25, 0.3) is 0 Å². The second kappa shape index (κ2) is 5.26. The molecule has 3 heteroatoms. The molecule has 2 aromatic carbocycles. The number of likely N-dealkylation sites (N-methyl/N-ethyl adjacent to an activating group) is 1. The van der Waals surface area contributed by atoms with Crippen LogP contribution in [0.15, 0.2) is 54.6 Å². The van der Waals surface area contributed by atoms with Crippen LogP contribution in [-0.2, 0) is 16.9 Å². The normalized spacial score (nSPS) is 29.3. The molecule has 0 fully saturated rings. The summed E-state index contributed by atoms with van der Waals surface area (Å²) < 4.78 is 5.91. The Labute approximate surface area is 126 Å². The van der Waals surface area contributed by atoms with Crippen LogP contribution in [-0.4, -0.2) is 24.8 Å². The summed E-state index contributed by atoms with van der Waals surface area (Å²) >= 11 is 0. The van der Waals surface area contributed by atoms with Crippen molar-refractivity contribution < 1.29 is 9.38 Å². The lowest BCUT2D eigenvalue weighted by atomic mass is 9.84. The highest BCUT2D eigenvalue weighted by atomic mass is 16.6. The summed E-state index contributed by atoms with van der Waals surface area (Å²) in [4.78, 5) is 0. The fourth-order valence-corrected chi connectivity index (χ4v) is 3.08. The van der Waals surface area contributed by atoms with Crippen molar-refractivity contribution in [1.82, 2.24) is 0 Å². The Morgan fingerprint density at radius 1 is 1.05 bits per heavy atom. The molecule has 1 heterocycles. The Morgan fingerprint density at radius 3 is 2.48 bits per heavy atom. The van der Waals surface area contributed by atoms with Gasteiger partial charge in [-0.3, -0.25) is 0 Å². The number of ether oxygens (including phenoxy) is 1. The van der Waals surface area contributed by atoms with Gasteiger partial charge in [-0.05, 0) is 18.1 Å². The van der Waals surface area contributed by atoms with Crippen LogP contribution in [0, 0.1) is 5.21 Å². The van der Waals surface area contributed by atoms with Gasteiger partial charge in [0.15, 0.2) is 0 Å². The molecule has 0 aromatic heterocycles. The minimum Gasteiger partial charge on any atom is -0.633 e. The molecule has 0 amide bonds. The topological polar surface area (TPSA) is 32.3 Å². The molecule has 2 aromatic rings. The molecule has 3 nitrogen and oxygen atoms in total. The zero-order chi connectivity index (χ0) is 14.9. The van der Waals surface area contributed by atoms with Gasteiger partial charge in [-0.1, -0.05) is 54.6 Å². The van der Waals surface area contributed by atoms with E-state index in [2.05, 4.69) is 25.1 Å². The summed E-state index contributed by atoms with van der Waals surface area (Å²) in [5.41, 5.74) is 2.79. The Hall–Kier alpha value is -1.68. The lowest BCUT2D eigenvalue weighted by Gasteiger charge is -2.44. The summed E-state index contributed by atoms with van der Waals surface area (Å²) in [6.07, 6.45) is 0. The van der Waals surface area contributed by atoms with Gasteiger partial charge in [0.2, 0.25) is 0 Å². The predicted molar refractivity (Wildman–Crippen MR) is 83.4 cm³/mol. The fraction of sp³-hybridized carbons (Fsp3) is 0.333. The van der Waals surface area contributed by atoms with E-state index in [1.54, 1.807) is 7.05 Å². The third-order valence-corrected chi connectivity index (χ3v) is 4.32. The van der Waals surface area contributed by atoms with Crippen molar-refractivity contribution in [3.8, 4) is 0 Å². The van der Waals surface area contributed by atoms with Crippen LogP contribution >= 0.6 is 0 Å². The number of quaternary nitrogens is 1. The molecule has 0 aliphatic carbocycles. The third-order valence-electron chi connectivity index (χ3n) is 4.32. The summed E-state index contributed by atoms with van der Waals surface area (Å²) in [7, 11) is 1.71. The van der Waals surface area contributed by atoms with Crippen molar-refractivity contribution in [3.63, 3.8) is 0 Å². The monoisotopic (exact) mass is 283 g/mol. The Balaban J connectivity index is 2.14. The van der Waals surface area contributed by atoms with Crippen molar-refractivity contribution in [3.05, 3.63) is 76.5 Å². The molecule has 0 saturated carbocycles. The van der Waals surface area contributed by atoms with Gasteiger partial charge in [-0.25, -0.2) is 0 Å². The van der Waals surface area contributed by atoms with E-state index in [4.69, 9.17) is 4.74 Å². The van der Waals surface area contributed by atoms with Crippen molar-refractivity contribution in [2.75, 3.05) is 20.2 Å². The van der Waals surface area contributed by atoms with Gasteiger partial charge < -0.3 is 14.6 Å². The van der Waals surface area contributed by atoms with Gasteiger partial charge in [-0.2, -0.15) is 0 Å². The van der Waals surface area contributed by atoms with Crippen LogP contribution in [0.3, 0.4) is 0 Å². The number of rotatable bonds is 1. The molecule has 0 bridgehead atoms. The molecular formula is C18H21NO2. The molecule has 0 radical (unpaired) electrons. The quantitative estimate of drug-likeness (QED) is 0.593. The molecule has 2 atom stereocenters. The van der Waals surface area contributed by atoms with Crippen LogP contribution in [0.4, 0.5) is 0 Å². The maximum absolute atomic E-state index is 12.5. The van der Waals surface area contributed by atoms with Gasteiger partial charge in [0, 0.05) is 5.56 Å². The molecule has 110 valence electrons. The van der Waals surface area contributed by atoms with E-state index in [0.717, 1.165) is 16.7 Å². The molecular weight excluding hydrogens is 262 g/mol. The maximum Gasteiger partial charge on any atom is 0.116 e. The maximum atomic E-state index is 12.5. The minimum absolute atomic E-state index is 0.290. The molecule has 0 spiro atoms. The van der Waals surface area contributed by atoms with Crippen molar-refractivity contribution in [2.24, 2.45) is 0 Å². The number of nitrogens with zero attached hydrogens (tertiary/aromatic N) is 1. The molecule has 21 heavy (non-hydrogen) atoms. The SMILES string of the molecule is C[C@]1(c2ccccc2)OCC[N+](C)([O-])Cc2ccccc21. The summed E-state index contributed by atoms with van der Waals surface area (Å²) in [5, 5.41) is 12.5. The van der Waals surface area contributed by atoms with Crippen LogP contribution < -0.4 is 0 Å². The Bertz CT molecular complexity index is 624. The van der Waals surface area contributed by atoms with Gasteiger partial charge in [0.1, 0.15) is 18.7 Å². The van der Waals surface area contributed by atoms with E-state index in [-0.39, 0.29) is 4.65 Å². The first kappa shape index (κ1) is 14.3. The van der Waals surface area contributed by atoms with Crippen LogP contribution in [0.2, 0.25) is 0 Å². The standard InChI is InChI=1S/C18H21NO2/c1-18(16-9-4-3-5-10-16)17-11-7-6-8-15(17)14-19(2,20)12-13-21-18/h3-11H,12-14H2,1-2H3/t18-,19?/m1/s1. The smallest absolute Gasteiger partial charge is 0.116 e. The van der Waals surface area contributed by atoms with Crippen molar-refractivity contribution in [2.45, 2.75) is 19.1 Å².